The molecule has 1 amide bonds. The van der Waals surface area contributed by atoms with Crippen molar-refractivity contribution in [1.29, 1.82) is 0 Å². The first-order chi connectivity index (χ1) is 9.08. The first kappa shape index (κ1) is 13.5. The Kier molecular flexibility index (Phi) is 4.16. The highest BCUT2D eigenvalue weighted by Gasteiger charge is 2.21. The van der Waals surface area contributed by atoms with Crippen molar-refractivity contribution in [2.75, 3.05) is 18.6 Å². The molecule has 1 unspecified atom stereocenters. The molecule has 102 valence electrons. The molecule has 1 N–H and O–H groups in total. The van der Waals surface area contributed by atoms with Gasteiger partial charge in [0.15, 0.2) is 0 Å². The van der Waals surface area contributed by atoms with Crippen molar-refractivity contribution >= 4 is 17.6 Å². The Morgan fingerprint density at radius 2 is 2.05 bits per heavy atom. The minimum Gasteiger partial charge on any atom is -0.478 e. The second-order valence-electron chi connectivity index (χ2n) is 4.64. The third kappa shape index (κ3) is 3.32. The van der Waals surface area contributed by atoms with Crippen LogP contribution in [0.15, 0.2) is 24.3 Å². The average Bonchev–Trinajstić information content (AvgIpc) is 2.90. The number of carboxylic acid groups (broad SMARTS) is 1. The molecule has 1 heterocycles. The number of carbonyl (C=O) groups excluding carboxylic acids is 1. The van der Waals surface area contributed by atoms with Crippen LogP contribution in [0.2, 0.25) is 0 Å². The largest absolute Gasteiger partial charge is 0.478 e. The quantitative estimate of drug-likeness (QED) is 0.901. The number of anilines is 1. The van der Waals surface area contributed by atoms with E-state index in [1.54, 1.807) is 19.2 Å². The molecule has 1 atom stereocenters. The number of benzene rings is 1. The van der Waals surface area contributed by atoms with Crippen LogP contribution in [0.1, 0.15) is 29.6 Å². The molecule has 2 rings (SSSR count). The van der Waals surface area contributed by atoms with Gasteiger partial charge in [-0.15, -0.1) is 0 Å². The number of aromatic carboxylic acids is 1. The molecule has 1 aromatic carbocycles. The second-order valence-corrected chi connectivity index (χ2v) is 4.64. The van der Waals surface area contributed by atoms with Crippen LogP contribution in [0.25, 0.3) is 0 Å². The molecule has 1 saturated heterocycles. The first-order valence-electron chi connectivity index (χ1n) is 6.29. The summed E-state index contributed by atoms with van der Waals surface area (Å²) in [5.41, 5.74) is 0.900. The highest BCUT2D eigenvalue weighted by Crippen LogP contribution is 2.19. The Hall–Kier alpha value is -1.88. The third-order valence-corrected chi connectivity index (χ3v) is 3.30. The summed E-state index contributed by atoms with van der Waals surface area (Å²) in [6, 6.07) is 6.26. The van der Waals surface area contributed by atoms with E-state index in [4.69, 9.17) is 9.84 Å². The fourth-order valence-electron chi connectivity index (χ4n) is 2.11. The number of rotatable bonds is 4. The lowest BCUT2D eigenvalue weighted by Crippen LogP contribution is -2.29. The predicted molar refractivity (Wildman–Crippen MR) is 70.4 cm³/mol. The summed E-state index contributed by atoms with van der Waals surface area (Å²) in [5.74, 6) is -0.991. The van der Waals surface area contributed by atoms with E-state index in [9.17, 15) is 9.59 Å². The van der Waals surface area contributed by atoms with Gasteiger partial charge in [-0.25, -0.2) is 4.79 Å². The van der Waals surface area contributed by atoms with Gasteiger partial charge < -0.3 is 14.7 Å². The number of ether oxygens (including phenoxy) is 1. The smallest absolute Gasteiger partial charge is 0.335 e. The number of hydrogen-bond donors (Lipinski definition) is 1. The van der Waals surface area contributed by atoms with Gasteiger partial charge in [0.1, 0.15) is 0 Å². The number of nitrogens with zero attached hydrogens (tertiary/aromatic N) is 1. The lowest BCUT2D eigenvalue weighted by molar-refractivity contribution is -0.120. The van der Waals surface area contributed by atoms with Crippen LogP contribution in [-0.4, -0.2) is 36.7 Å². The summed E-state index contributed by atoms with van der Waals surface area (Å²) < 4.78 is 5.43. The van der Waals surface area contributed by atoms with Crippen molar-refractivity contribution in [3.63, 3.8) is 0 Å². The van der Waals surface area contributed by atoms with Crippen LogP contribution in [-0.2, 0) is 9.53 Å². The van der Waals surface area contributed by atoms with Crippen molar-refractivity contribution < 1.29 is 19.4 Å². The number of carboxylic acids is 1. The molecule has 1 aliphatic heterocycles. The Morgan fingerprint density at radius 1 is 1.37 bits per heavy atom. The fraction of sp³-hybridized carbons (Fsp3) is 0.429. The summed E-state index contributed by atoms with van der Waals surface area (Å²) in [6.45, 7) is 0.731. The minimum atomic E-state index is -0.972. The van der Waals surface area contributed by atoms with E-state index in [1.165, 1.54) is 17.0 Å². The molecule has 0 aliphatic carbocycles. The molecule has 1 fully saturated rings. The molecule has 0 spiro atoms. The normalized spacial score (nSPS) is 18.3. The predicted octanol–water partition coefficient (Wildman–Crippen LogP) is 1.92. The van der Waals surface area contributed by atoms with E-state index in [0.717, 1.165) is 19.4 Å². The molecular formula is C14H17NO4. The van der Waals surface area contributed by atoms with Crippen molar-refractivity contribution in [2.24, 2.45) is 0 Å². The lowest BCUT2D eigenvalue weighted by Gasteiger charge is -2.19. The SMILES string of the molecule is CN(C(=O)CC1CCCO1)c1ccc(C(=O)O)cc1. The van der Waals surface area contributed by atoms with Gasteiger partial charge in [0, 0.05) is 19.3 Å². The molecule has 5 nitrogen and oxygen atoms in total. The maximum Gasteiger partial charge on any atom is 0.335 e. The standard InChI is InChI=1S/C14H17NO4/c1-15(13(16)9-12-3-2-8-19-12)11-6-4-10(5-7-11)14(17)18/h4-7,12H,2-3,8-9H2,1H3,(H,17,18). The average molecular weight is 263 g/mol. The number of carbonyl (C=O) groups is 2. The van der Waals surface area contributed by atoms with E-state index in [-0.39, 0.29) is 17.6 Å². The first-order valence-corrected chi connectivity index (χ1v) is 6.29. The summed E-state index contributed by atoms with van der Waals surface area (Å²) in [6.07, 6.45) is 2.33. The zero-order valence-corrected chi connectivity index (χ0v) is 10.8. The molecule has 0 saturated carbocycles. The molecule has 1 aliphatic rings. The Labute approximate surface area is 111 Å². The van der Waals surface area contributed by atoms with E-state index in [1.807, 2.05) is 0 Å². The van der Waals surface area contributed by atoms with Crippen LogP contribution in [0.5, 0.6) is 0 Å². The molecule has 0 aromatic heterocycles. The van der Waals surface area contributed by atoms with Crippen molar-refractivity contribution in [3.05, 3.63) is 29.8 Å². The van der Waals surface area contributed by atoms with E-state index in [0.29, 0.717) is 12.1 Å². The van der Waals surface area contributed by atoms with Crippen LogP contribution in [0.3, 0.4) is 0 Å². The third-order valence-electron chi connectivity index (χ3n) is 3.30. The van der Waals surface area contributed by atoms with Crippen LogP contribution < -0.4 is 4.90 Å². The molecule has 19 heavy (non-hydrogen) atoms. The van der Waals surface area contributed by atoms with E-state index >= 15 is 0 Å². The maximum absolute atomic E-state index is 12.0. The van der Waals surface area contributed by atoms with Crippen LogP contribution in [0.4, 0.5) is 5.69 Å². The van der Waals surface area contributed by atoms with Gasteiger partial charge in [-0.3, -0.25) is 4.79 Å². The maximum atomic E-state index is 12.0. The highest BCUT2D eigenvalue weighted by molar-refractivity contribution is 5.94. The monoisotopic (exact) mass is 263 g/mol. The van der Waals surface area contributed by atoms with Crippen molar-refractivity contribution in [2.45, 2.75) is 25.4 Å². The van der Waals surface area contributed by atoms with Crippen LogP contribution in [0, 0.1) is 0 Å². The van der Waals surface area contributed by atoms with Gasteiger partial charge in [-0.1, -0.05) is 0 Å². The Balaban J connectivity index is 1.99. The van der Waals surface area contributed by atoms with Gasteiger partial charge in [-0.05, 0) is 37.1 Å². The lowest BCUT2D eigenvalue weighted by atomic mass is 10.1. The molecule has 1 aromatic rings. The Morgan fingerprint density at radius 3 is 2.58 bits per heavy atom. The number of hydrogen-bond acceptors (Lipinski definition) is 3. The summed E-state index contributed by atoms with van der Waals surface area (Å²) in [7, 11) is 1.69. The zero-order valence-electron chi connectivity index (χ0n) is 10.8. The highest BCUT2D eigenvalue weighted by atomic mass is 16.5. The van der Waals surface area contributed by atoms with Gasteiger partial charge in [0.25, 0.3) is 0 Å². The van der Waals surface area contributed by atoms with Gasteiger partial charge in [0.05, 0.1) is 18.1 Å². The summed E-state index contributed by atoms with van der Waals surface area (Å²) in [5, 5.41) is 8.82. The molecule has 0 radical (unpaired) electrons. The van der Waals surface area contributed by atoms with Crippen molar-refractivity contribution in [3.8, 4) is 0 Å². The summed E-state index contributed by atoms with van der Waals surface area (Å²) in [4.78, 5) is 24.3. The van der Waals surface area contributed by atoms with Gasteiger partial charge in [-0.2, -0.15) is 0 Å². The van der Waals surface area contributed by atoms with Crippen molar-refractivity contribution in [1.82, 2.24) is 0 Å². The Bertz CT molecular complexity index is 463. The van der Waals surface area contributed by atoms with Gasteiger partial charge >= 0.3 is 5.97 Å². The fourth-order valence-corrected chi connectivity index (χ4v) is 2.11. The zero-order chi connectivity index (χ0) is 13.8. The molecule has 0 bridgehead atoms. The molecular weight excluding hydrogens is 246 g/mol. The minimum absolute atomic E-state index is 0.0185. The summed E-state index contributed by atoms with van der Waals surface area (Å²) >= 11 is 0. The van der Waals surface area contributed by atoms with Gasteiger partial charge in [0.2, 0.25) is 5.91 Å². The number of amides is 1. The van der Waals surface area contributed by atoms with E-state index < -0.39 is 5.97 Å². The van der Waals surface area contributed by atoms with E-state index in [2.05, 4.69) is 0 Å². The second kappa shape index (κ2) is 5.84. The van der Waals surface area contributed by atoms with Crippen LogP contribution >= 0.6 is 0 Å². The molecule has 5 heteroatoms. The topological polar surface area (TPSA) is 66.8 Å².